The minimum Gasteiger partial charge on any atom is -0.469 e. The lowest BCUT2D eigenvalue weighted by atomic mass is 9.62. The number of fused-ring (bicyclic) bond motifs is 5. The van der Waals surface area contributed by atoms with Gasteiger partial charge in [-0.05, 0) is 45.5 Å². The summed E-state index contributed by atoms with van der Waals surface area (Å²) in [4.78, 5) is 0. The van der Waals surface area contributed by atoms with Crippen LogP contribution in [0.4, 0.5) is 0 Å². The van der Waals surface area contributed by atoms with Gasteiger partial charge in [-0.1, -0.05) is 109 Å². The van der Waals surface area contributed by atoms with E-state index in [0.717, 1.165) is 5.76 Å². The van der Waals surface area contributed by atoms with E-state index in [2.05, 4.69) is 121 Å². The predicted molar refractivity (Wildman–Crippen MR) is 136 cm³/mol. The van der Waals surface area contributed by atoms with Crippen LogP contribution < -0.4 is 5.32 Å². The van der Waals surface area contributed by atoms with Gasteiger partial charge in [-0.15, -0.1) is 0 Å². The van der Waals surface area contributed by atoms with E-state index in [1.165, 1.54) is 33.4 Å². The third kappa shape index (κ3) is 2.60. The summed E-state index contributed by atoms with van der Waals surface area (Å²) in [6.07, 6.45) is 1.81. The van der Waals surface area contributed by atoms with Crippen molar-refractivity contribution in [1.82, 2.24) is 5.32 Å². The van der Waals surface area contributed by atoms with Crippen molar-refractivity contribution in [2.24, 2.45) is 0 Å². The van der Waals surface area contributed by atoms with Gasteiger partial charge in [0.2, 0.25) is 0 Å². The Morgan fingerprint density at radius 3 is 1.71 bits per heavy atom. The summed E-state index contributed by atoms with van der Waals surface area (Å²) >= 11 is 0. The van der Waals surface area contributed by atoms with Crippen LogP contribution in [0.5, 0.6) is 0 Å². The molecule has 1 saturated heterocycles. The zero-order chi connectivity index (χ0) is 22.5. The van der Waals surface area contributed by atoms with Crippen LogP contribution in [0.3, 0.4) is 0 Å². The highest BCUT2D eigenvalue weighted by Crippen LogP contribution is 2.67. The quantitative estimate of drug-likeness (QED) is 0.316. The van der Waals surface area contributed by atoms with Crippen molar-refractivity contribution in [3.8, 4) is 11.1 Å². The highest BCUT2D eigenvalue weighted by molar-refractivity contribution is 5.83. The second kappa shape index (κ2) is 7.58. The summed E-state index contributed by atoms with van der Waals surface area (Å²) < 4.78 is 6.23. The summed E-state index contributed by atoms with van der Waals surface area (Å²) in [6, 6.07) is 44.0. The fourth-order valence-corrected chi connectivity index (χ4v) is 6.61. The number of hydrogen-bond donors (Lipinski definition) is 1. The molecule has 0 radical (unpaired) electrons. The van der Waals surface area contributed by atoms with E-state index in [4.69, 9.17) is 4.42 Å². The average molecular weight is 440 g/mol. The smallest absolute Gasteiger partial charge is 0.110 e. The molecule has 1 spiro atoms. The van der Waals surface area contributed by atoms with Crippen LogP contribution >= 0.6 is 0 Å². The third-order valence-electron chi connectivity index (χ3n) is 7.80. The molecular formula is C32H25NO. The zero-order valence-electron chi connectivity index (χ0n) is 18.8. The topological polar surface area (TPSA) is 25.2 Å². The Morgan fingerprint density at radius 2 is 1.12 bits per heavy atom. The van der Waals surface area contributed by atoms with Gasteiger partial charge >= 0.3 is 0 Å². The van der Waals surface area contributed by atoms with Crippen LogP contribution in [0.15, 0.2) is 132 Å². The van der Waals surface area contributed by atoms with E-state index in [0.29, 0.717) is 0 Å². The molecule has 2 heteroatoms. The Kier molecular flexibility index (Phi) is 4.36. The number of hydrogen-bond acceptors (Lipinski definition) is 2. The molecule has 1 aliphatic heterocycles. The number of benzene rings is 4. The fourth-order valence-electron chi connectivity index (χ4n) is 6.61. The summed E-state index contributed by atoms with van der Waals surface area (Å²) in [5.74, 6) is 1.10. The first-order chi connectivity index (χ1) is 16.9. The minimum absolute atomic E-state index is 0.0822. The lowest BCUT2D eigenvalue weighted by Gasteiger charge is -2.38. The van der Waals surface area contributed by atoms with Gasteiger partial charge < -0.3 is 9.73 Å². The van der Waals surface area contributed by atoms with Crippen LogP contribution in [0, 0.1) is 0 Å². The van der Waals surface area contributed by atoms with E-state index in [9.17, 15) is 0 Å². The van der Waals surface area contributed by atoms with Gasteiger partial charge in [0.05, 0.1) is 17.6 Å². The molecule has 2 aliphatic rings. The molecule has 1 aromatic heterocycles. The third-order valence-corrected chi connectivity index (χ3v) is 7.80. The van der Waals surface area contributed by atoms with Crippen molar-refractivity contribution in [3.05, 3.63) is 156 Å². The van der Waals surface area contributed by atoms with Gasteiger partial charge in [-0.25, -0.2) is 0 Å². The lowest BCUT2D eigenvalue weighted by molar-refractivity contribution is 0.359. The minimum atomic E-state index is -0.313. The summed E-state index contributed by atoms with van der Waals surface area (Å²) in [5, 5.41) is 4.12. The molecule has 1 fully saturated rings. The van der Waals surface area contributed by atoms with Crippen molar-refractivity contribution in [3.63, 3.8) is 0 Å². The molecule has 3 atom stereocenters. The van der Waals surface area contributed by atoms with Gasteiger partial charge in [0, 0.05) is 12.1 Å². The monoisotopic (exact) mass is 439 g/mol. The van der Waals surface area contributed by atoms with Crippen LogP contribution in [-0.2, 0) is 5.41 Å². The lowest BCUT2D eigenvalue weighted by Crippen LogP contribution is -2.36. The van der Waals surface area contributed by atoms with Gasteiger partial charge in [0.1, 0.15) is 5.76 Å². The highest BCUT2D eigenvalue weighted by Gasteiger charge is 2.62. The summed E-state index contributed by atoms with van der Waals surface area (Å²) in [7, 11) is 0. The number of nitrogens with one attached hydrogen (secondary N) is 1. The molecule has 1 N–H and O–H groups in total. The van der Waals surface area contributed by atoms with E-state index >= 15 is 0 Å². The average Bonchev–Trinajstić information content (AvgIpc) is 3.62. The van der Waals surface area contributed by atoms with Crippen LogP contribution in [-0.4, -0.2) is 0 Å². The van der Waals surface area contributed by atoms with Crippen molar-refractivity contribution in [1.29, 1.82) is 0 Å². The van der Waals surface area contributed by atoms with Crippen LogP contribution in [0.1, 0.15) is 46.0 Å². The molecule has 0 saturated carbocycles. The Hall–Kier alpha value is -3.88. The number of rotatable bonds is 3. The van der Waals surface area contributed by atoms with E-state index in [-0.39, 0.29) is 23.4 Å². The highest BCUT2D eigenvalue weighted by atomic mass is 16.3. The number of furan rings is 1. The van der Waals surface area contributed by atoms with Crippen molar-refractivity contribution >= 4 is 0 Å². The standard InChI is InChI=1S/C32H25NO/c1-3-12-22(13-4-1)30-29(28-20-11-21-34-28)32(31(33-30)23-14-5-2-6-15-23)26-18-9-7-16-24(26)25-17-8-10-19-27(25)32/h1-21,29-31,33H/t29-,30-,31+/m0/s1. The van der Waals surface area contributed by atoms with Gasteiger partial charge in [-0.3, -0.25) is 0 Å². The van der Waals surface area contributed by atoms with Crippen LogP contribution in [0.2, 0.25) is 0 Å². The molecule has 5 aromatic rings. The van der Waals surface area contributed by atoms with Crippen molar-refractivity contribution in [2.45, 2.75) is 23.4 Å². The zero-order valence-corrected chi connectivity index (χ0v) is 18.8. The predicted octanol–water partition coefficient (Wildman–Crippen LogP) is 7.42. The maximum Gasteiger partial charge on any atom is 0.110 e. The molecule has 0 amide bonds. The normalized spacial score (nSPS) is 21.9. The molecular weight excluding hydrogens is 414 g/mol. The van der Waals surface area contributed by atoms with Crippen LogP contribution in [0.25, 0.3) is 11.1 Å². The first kappa shape index (κ1) is 19.6. The van der Waals surface area contributed by atoms with Crippen molar-refractivity contribution in [2.75, 3.05) is 0 Å². The SMILES string of the molecule is c1ccc([C@H]2N[C@@H](c3ccccc3)[C@H](c3ccco3)C23c2ccccc2-c2ccccc23)cc1. The molecule has 2 nitrogen and oxygen atoms in total. The maximum atomic E-state index is 6.23. The molecule has 7 rings (SSSR count). The molecule has 164 valence electrons. The first-order valence-corrected chi connectivity index (χ1v) is 12.0. The van der Waals surface area contributed by atoms with Crippen molar-refractivity contribution < 1.29 is 4.42 Å². The van der Waals surface area contributed by atoms with Gasteiger partial charge in [-0.2, -0.15) is 0 Å². The first-order valence-electron chi connectivity index (χ1n) is 12.0. The molecule has 0 bridgehead atoms. The second-order valence-corrected chi connectivity index (χ2v) is 9.35. The Labute approximate surface area is 199 Å². The van der Waals surface area contributed by atoms with E-state index < -0.39 is 0 Å². The maximum absolute atomic E-state index is 6.23. The summed E-state index contributed by atoms with van der Waals surface area (Å²) in [5.41, 5.74) is 7.66. The van der Waals surface area contributed by atoms with Gasteiger partial charge in [0.15, 0.2) is 0 Å². The Balaban J connectivity index is 1.60. The molecule has 2 heterocycles. The Morgan fingerprint density at radius 1 is 0.559 bits per heavy atom. The van der Waals surface area contributed by atoms with Gasteiger partial charge in [0.25, 0.3) is 0 Å². The summed E-state index contributed by atoms with van der Waals surface area (Å²) in [6.45, 7) is 0. The van der Waals surface area contributed by atoms with E-state index in [1.54, 1.807) is 0 Å². The second-order valence-electron chi connectivity index (χ2n) is 9.35. The molecule has 34 heavy (non-hydrogen) atoms. The largest absolute Gasteiger partial charge is 0.469 e. The Bertz CT molecular complexity index is 1390. The fraction of sp³-hybridized carbons (Fsp3) is 0.125. The molecule has 0 unspecified atom stereocenters. The molecule has 4 aromatic carbocycles. The molecule has 1 aliphatic carbocycles. The van der Waals surface area contributed by atoms with E-state index in [1.807, 2.05) is 12.3 Å².